The Morgan fingerprint density at radius 3 is 3.00 bits per heavy atom. The highest BCUT2D eigenvalue weighted by Gasteiger charge is 2.11. The zero-order valence-electron chi connectivity index (χ0n) is 9.58. The van der Waals surface area contributed by atoms with Crippen molar-refractivity contribution in [1.82, 2.24) is 19.7 Å². The van der Waals surface area contributed by atoms with Gasteiger partial charge >= 0.3 is 0 Å². The third-order valence-corrected chi connectivity index (χ3v) is 2.94. The second kappa shape index (κ2) is 4.78. The van der Waals surface area contributed by atoms with E-state index in [1.165, 1.54) is 0 Å². The Kier molecular flexibility index (Phi) is 2.98. The standard InChI is InChI=1S/C12H11ClN4O/c13-4-1-12-16-10-7-14-5-3-11(10)17(12)8-9-2-6-15-18-9/h2-3,5-7H,1,4,8H2. The van der Waals surface area contributed by atoms with E-state index in [4.69, 9.17) is 16.1 Å². The highest BCUT2D eigenvalue weighted by atomic mass is 35.5. The van der Waals surface area contributed by atoms with E-state index in [9.17, 15) is 0 Å². The van der Waals surface area contributed by atoms with Crippen LogP contribution in [-0.2, 0) is 13.0 Å². The highest BCUT2D eigenvalue weighted by Crippen LogP contribution is 2.17. The fourth-order valence-corrected chi connectivity index (χ4v) is 2.13. The van der Waals surface area contributed by atoms with Crippen LogP contribution in [0, 0.1) is 0 Å². The van der Waals surface area contributed by atoms with Gasteiger partial charge in [-0.2, -0.15) is 0 Å². The van der Waals surface area contributed by atoms with Gasteiger partial charge in [0.1, 0.15) is 11.3 Å². The zero-order chi connectivity index (χ0) is 12.4. The molecule has 3 aromatic rings. The van der Waals surface area contributed by atoms with Crippen LogP contribution >= 0.6 is 11.6 Å². The van der Waals surface area contributed by atoms with Gasteiger partial charge in [-0.15, -0.1) is 11.6 Å². The smallest absolute Gasteiger partial charge is 0.156 e. The summed E-state index contributed by atoms with van der Waals surface area (Å²) in [4.78, 5) is 8.62. The van der Waals surface area contributed by atoms with Crippen LogP contribution in [0.2, 0.25) is 0 Å². The molecule has 0 radical (unpaired) electrons. The predicted octanol–water partition coefficient (Wildman–Crippen LogP) is 2.25. The molecule has 18 heavy (non-hydrogen) atoms. The van der Waals surface area contributed by atoms with Crippen LogP contribution < -0.4 is 0 Å². The molecule has 0 aliphatic carbocycles. The van der Waals surface area contributed by atoms with E-state index in [2.05, 4.69) is 19.7 Å². The summed E-state index contributed by atoms with van der Waals surface area (Å²) in [5, 5.41) is 3.71. The molecule has 0 amide bonds. The lowest BCUT2D eigenvalue weighted by Crippen LogP contribution is -2.05. The molecule has 0 aromatic carbocycles. The minimum Gasteiger partial charge on any atom is -0.359 e. The van der Waals surface area contributed by atoms with Crippen LogP contribution in [0.5, 0.6) is 0 Å². The summed E-state index contributed by atoms with van der Waals surface area (Å²) in [5.41, 5.74) is 1.90. The number of imidazole rings is 1. The van der Waals surface area contributed by atoms with Crippen molar-refractivity contribution >= 4 is 22.6 Å². The van der Waals surface area contributed by atoms with Crippen LogP contribution in [0.1, 0.15) is 11.6 Å². The van der Waals surface area contributed by atoms with E-state index in [0.29, 0.717) is 18.8 Å². The number of hydrogen-bond acceptors (Lipinski definition) is 4. The van der Waals surface area contributed by atoms with Crippen molar-refractivity contribution in [3.8, 4) is 0 Å². The fourth-order valence-electron chi connectivity index (χ4n) is 1.96. The number of pyridine rings is 1. The molecule has 3 heterocycles. The maximum atomic E-state index is 5.81. The third-order valence-electron chi connectivity index (χ3n) is 2.75. The van der Waals surface area contributed by atoms with Gasteiger partial charge in [-0.25, -0.2) is 4.98 Å². The number of rotatable bonds is 4. The van der Waals surface area contributed by atoms with Crippen molar-refractivity contribution < 1.29 is 4.52 Å². The summed E-state index contributed by atoms with van der Waals surface area (Å²) in [5.74, 6) is 2.26. The van der Waals surface area contributed by atoms with Gasteiger partial charge < -0.3 is 9.09 Å². The Morgan fingerprint density at radius 2 is 2.22 bits per heavy atom. The molecule has 5 nitrogen and oxygen atoms in total. The van der Waals surface area contributed by atoms with Crippen LogP contribution in [0.3, 0.4) is 0 Å². The molecule has 0 saturated heterocycles. The SMILES string of the molecule is ClCCc1nc2cnccc2n1Cc1ccno1. The number of alkyl halides is 1. The average Bonchev–Trinajstić information content (AvgIpc) is 3.00. The van der Waals surface area contributed by atoms with Gasteiger partial charge in [0.2, 0.25) is 0 Å². The minimum absolute atomic E-state index is 0.535. The Hall–Kier alpha value is -1.88. The molecular formula is C12H11ClN4O. The van der Waals surface area contributed by atoms with E-state index >= 15 is 0 Å². The van der Waals surface area contributed by atoms with Gasteiger partial charge in [0.05, 0.1) is 24.5 Å². The Labute approximate surface area is 108 Å². The van der Waals surface area contributed by atoms with Crippen LogP contribution in [0.4, 0.5) is 0 Å². The van der Waals surface area contributed by atoms with E-state index in [1.807, 2.05) is 12.1 Å². The normalized spacial score (nSPS) is 11.2. The van der Waals surface area contributed by atoms with Crippen molar-refractivity contribution in [2.45, 2.75) is 13.0 Å². The number of hydrogen-bond donors (Lipinski definition) is 0. The second-order valence-corrected chi connectivity index (χ2v) is 4.27. The summed E-state index contributed by atoms with van der Waals surface area (Å²) >= 11 is 5.81. The molecule has 3 rings (SSSR count). The first-order valence-corrected chi connectivity index (χ1v) is 6.16. The number of halogens is 1. The lowest BCUT2D eigenvalue weighted by Gasteiger charge is -2.05. The van der Waals surface area contributed by atoms with Gasteiger partial charge in [0, 0.05) is 24.6 Å². The van der Waals surface area contributed by atoms with E-state index in [1.54, 1.807) is 18.6 Å². The first kappa shape index (κ1) is 11.2. The molecule has 0 spiro atoms. The molecule has 6 heteroatoms. The molecule has 92 valence electrons. The van der Waals surface area contributed by atoms with Crippen molar-refractivity contribution in [3.63, 3.8) is 0 Å². The van der Waals surface area contributed by atoms with Gasteiger partial charge in [-0.1, -0.05) is 5.16 Å². The second-order valence-electron chi connectivity index (χ2n) is 3.90. The highest BCUT2D eigenvalue weighted by molar-refractivity contribution is 6.17. The summed E-state index contributed by atoms with van der Waals surface area (Å²) in [6, 6.07) is 3.79. The number of nitrogens with zero attached hydrogens (tertiary/aromatic N) is 4. The summed E-state index contributed by atoms with van der Waals surface area (Å²) in [6.07, 6.45) is 5.86. The van der Waals surface area contributed by atoms with Gasteiger partial charge in [0.25, 0.3) is 0 Å². The molecule has 0 fully saturated rings. The van der Waals surface area contributed by atoms with Crippen molar-refractivity contribution in [1.29, 1.82) is 0 Å². The van der Waals surface area contributed by atoms with Gasteiger partial charge in [0.15, 0.2) is 5.76 Å². The van der Waals surface area contributed by atoms with Crippen LogP contribution in [0.25, 0.3) is 11.0 Å². The Balaban J connectivity index is 2.09. The molecule has 0 N–H and O–H groups in total. The van der Waals surface area contributed by atoms with Gasteiger partial charge in [-0.3, -0.25) is 4.98 Å². The lowest BCUT2D eigenvalue weighted by molar-refractivity contribution is 0.376. The lowest BCUT2D eigenvalue weighted by atomic mass is 10.3. The van der Waals surface area contributed by atoms with E-state index < -0.39 is 0 Å². The van der Waals surface area contributed by atoms with Crippen molar-refractivity contribution in [2.24, 2.45) is 0 Å². The van der Waals surface area contributed by atoms with Crippen LogP contribution in [0.15, 0.2) is 35.2 Å². The Morgan fingerprint density at radius 1 is 1.28 bits per heavy atom. The summed E-state index contributed by atoms with van der Waals surface area (Å²) in [7, 11) is 0. The number of aryl methyl sites for hydroxylation is 1. The topological polar surface area (TPSA) is 56.7 Å². The number of aromatic nitrogens is 4. The fraction of sp³-hybridized carbons (Fsp3) is 0.250. The largest absolute Gasteiger partial charge is 0.359 e. The molecule has 0 unspecified atom stereocenters. The first-order chi connectivity index (χ1) is 8.88. The molecular weight excluding hydrogens is 252 g/mol. The molecule has 0 aliphatic heterocycles. The molecule has 0 atom stereocenters. The molecule has 0 bridgehead atoms. The maximum Gasteiger partial charge on any atom is 0.156 e. The van der Waals surface area contributed by atoms with E-state index in [-0.39, 0.29) is 0 Å². The molecule has 0 aliphatic rings. The average molecular weight is 263 g/mol. The summed E-state index contributed by atoms with van der Waals surface area (Å²) < 4.78 is 7.22. The minimum atomic E-state index is 0.535. The van der Waals surface area contributed by atoms with Crippen LogP contribution in [-0.4, -0.2) is 25.6 Å². The number of fused-ring (bicyclic) bond motifs is 1. The van der Waals surface area contributed by atoms with Crippen molar-refractivity contribution in [2.75, 3.05) is 5.88 Å². The monoisotopic (exact) mass is 262 g/mol. The maximum absolute atomic E-state index is 5.81. The summed E-state index contributed by atoms with van der Waals surface area (Å²) in [6.45, 7) is 0.604. The molecule has 0 saturated carbocycles. The molecule has 3 aromatic heterocycles. The van der Waals surface area contributed by atoms with Gasteiger partial charge in [-0.05, 0) is 6.07 Å². The predicted molar refractivity (Wildman–Crippen MR) is 67.6 cm³/mol. The van der Waals surface area contributed by atoms with E-state index in [0.717, 1.165) is 22.6 Å². The Bertz CT molecular complexity index is 647. The van der Waals surface area contributed by atoms with Crippen molar-refractivity contribution in [3.05, 3.63) is 42.3 Å². The first-order valence-electron chi connectivity index (χ1n) is 5.63. The quantitative estimate of drug-likeness (QED) is 0.677. The third kappa shape index (κ3) is 1.97. The zero-order valence-corrected chi connectivity index (χ0v) is 10.3.